The molecule has 0 unspecified atom stereocenters. The van der Waals surface area contributed by atoms with E-state index in [0.717, 1.165) is 66.7 Å². The monoisotopic (exact) mass is 428 g/mol. The van der Waals surface area contributed by atoms with Gasteiger partial charge in [-0.05, 0) is 68.6 Å². The van der Waals surface area contributed by atoms with Crippen molar-refractivity contribution in [3.05, 3.63) is 71.4 Å². The van der Waals surface area contributed by atoms with E-state index in [1.807, 2.05) is 31.3 Å². The summed E-state index contributed by atoms with van der Waals surface area (Å²) in [5.41, 5.74) is 4.80. The Morgan fingerprint density at radius 2 is 1.97 bits per heavy atom. The molecule has 2 aromatic carbocycles. The van der Waals surface area contributed by atoms with Crippen LogP contribution in [0.1, 0.15) is 48.2 Å². The first-order valence-electron chi connectivity index (χ1n) is 11.8. The summed E-state index contributed by atoms with van der Waals surface area (Å²) in [5, 5.41) is 4.52. The molecule has 32 heavy (non-hydrogen) atoms. The Morgan fingerprint density at radius 1 is 1.16 bits per heavy atom. The number of benzene rings is 2. The van der Waals surface area contributed by atoms with Crippen LogP contribution in [0.25, 0.3) is 10.9 Å². The van der Waals surface area contributed by atoms with E-state index in [2.05, 4.69) is 64.3 Å². The van der Waals surface area contributed by atoms with Gasteiger partial charge in [0.05, 0.1) is 11.1 Å². The molecule has 1 aliphatic carbocycles. The number of para-hydroxylation sites is 1. The first kappa shape index (κ1) is 21.0. The van der Waals surface area contributed by atoms with E-state index in [0.29, 0.717) is 6.04 Å². The lowest BCUT2D eigenvalue weighted by Crippen LogP contribution is -2.51. The van der Waals surface area contributed by atoms with Crippen LogP contribution < -0.4 is 10.2 Å². The summed E-state index contributed by atoms with van der Waals surface area (Å²) in [6.07, 6.45) is 3.77. The highest BCUT2D eigenvalue weighted by atomic mass is 16.1. The van der Waals surface area contributed by atoms with E-state index in [-0.39, 0.29) is 11.4 Å². The third-order valence-electron chi connectivity index (χ3n) is 7.27. The second-order valence-corrected chi connectivity index (χ2v) is 9.33. The van der Waals surface area contributed by atoms with Crippen molar-refractivity contribution < 1.29 is 4.79 Å². The third kappa shape index (κ3) is 3.75. The molecule has 1 saturated carbocycles. The lowest BCUT2D eigenvalue weighted by atomic mass is 9.98. The molecule has 166 valence electrons. The number of carbonyl (C=O) groups excluding carboxylic acids is 1. The van der Waals surface area contributed by atoms with E-state index >= 15 is 0 Å². The van der Waals surface area contributed by atoms with Gasteiger partial charge in [-0.25, -0.2) is 0 Å². The van der Waals surface area contributed by atoms with E-state index in [9.17, 15) is 4.79 Å². The molecule has 2 heterocycles. The molecule has 5 nitrogen and oxygen atoms in total. The summed E-state index contributed by atoms with van der Waals surface area (Å²) in [6.45, 7) is 10.7. The van der Waals surface area contributed by atoms with E-state index < -0.39 is 0 Å². The van der Waals surface area contributed by atoms with Gasteiger partial charge in [0.25, 0.3) is 5.91 Å². The normalized spacial score (nSPS) is 20.3. The van der Waals surface area contributed by atoms with Gasteiger partial charge in [-0.1, -0.05) is 31.2 Å². The van der Waals surface area contributed by atoms with Gasteiger partial charge in [-0.15, -0.1) is 0 Å². The summed E-state index contributed by atoms with van der Waals surface area (Å²) in [6, 6.07) is 17.1. The molecule has 0 spiro atoms. The number of fused-ring (bicyclic) bond motifs is 1. The van der Waals surface area contributed by atoms with Crippen molar-refractivity contribution in [1.29, 1.82) is 0 Å². The van der Waals surface area contributed by atoms with Crippen LogP contribution >= 0.6 is 0 Å². The molecule has 5 rings (SSSR count). The van der Waals surface area contributed by atoms with Crippen LogP contribution in [-0.2, 0) is 5.54 Å². The van der Waals surface area contributed by atoms with Crippen LogP contribution in [0.2, 0.25) is 0 Å². The Hall–Kier alpha value is -2.92. The van der Waals surface area contributed by atoms with Gasteiger partial charge in [0.15, 0.2) is 0 Å². The predicted molar refractivity (Wildman–Crippen MR) is 130 cm³/mol. The molecule has 1 amide bonds. The Morgan fingerprint density at radius 3 is 2.72 bits per heavy atom. The number of aryl methyl sites for hydroxylation is 1. The average Bonchev–Trinajstić information content (AvgIpc) is 3.59. The summed E-state index contributed by atoms with van der Waals surface area (Å²) in [5.74, 6) is 0.0167. The topological polar surface area (TPSA) is 48.5 Å². The highest BCUT2D eigenvalue weighted by molar-refractivity contribution is 5.98. The van der Waals surface area contributed by atoms with Gasteiger partial charge in [0, 0.05) is 48.5 Å². The van der Waals surface area contributed by atoms with Gasteiger partial charge in [-0.2, -0.15) is 0 Å². The number of aromatic nitrogens is 1. The standard InChI is InChI=1S/C27H32N4O/c1-4-30-15-16-31(18-20(30)3)21-10-9-19(2)23(17-21)26(32)29-27(12-13-27)24-11-14-28-25-8-6-5-7-22(24)25/h5-11,14,17,20H,4,12-13,15-16,18H2,1-3H3,(H,29,32)/t20-/m0/s1. The van der Waals surface area contributed by atoms with Crippen LogP contribution in [-0.4, -0.2) is 48.0 Å². The second kappa shape index (κ2) is 8.21. The fraction of sp³-hybridized carbons (Fsp3) is 0.407. The molecule has 5 heteroatoms. The number of anilines is 1. The molecule has 1 N–H and O–H groups in total. The Kier molecular flexibility index (Phi) is 5.38. The van der Waals surface area contributed by atoms with Crippen molar-refractivity contribution in [3.8, 4) is 0 Å². The maximum Gasteiger partial charge on any atom is 0.252 e. The Bertz CT molecular complexity index is 1150. The number of rotatable bonds is 5. The Balaban J connectivity index is 1.40. The number of carbonyl (C=O) groups is 1. The highest BCUT2D eigenvalue weighted by Gasteiger charge is 2.47. The van der Waals surface area contributed by atoms with Gasteiger partial charge in [0.1, 0.15) is 0 Å². The van der Waals surface area contributed by atoms with Gasteiger partial charge < -0.3 is 10.2 Å². The minimum atomic E-state index is -0.288. The van der Waals surface area contributed by atoms with Gasteiger partial charge >= 0.3 is 0 Å². The molecule has 2 aliphatic rings. The molecule has 1 atom stereocenters. The summed E-state index contributed by atoms with van der Waals surface area (Å²) in [7, 11) is 0. The number of piperazine rings is 1. The largest absolute Gasteiger partial charge is 0.369 e. The fourth-order valence-corrected chi connectivity index (χ4v) is 5.14. The van der Waals surface area contributed by atoms with Gasteiger partial charge in [-0.3, -0.25) is 14.7 Å². The van der Waals surface area contributed by atoms with Crippen LogP contribution in [0.4, 0.5) is 5.69 Å². The molecule has 0 bridgehead atoms. The average molecular weight is 429 g/mol. The number of pyridine rings is 1. The number of hydrogen-bond acceptors (Lipinski definition) is 4. The van der Waals surface area contributed by atoms with Crippen LogP contribution in [0.15, 0.2) is 54.7 Å². The third-order valence-corrected chi connectivity index (χ3v) is 7.27. The molecule has 0 radical (unpaired) electrons. The first-order chi connectivity index (χ1) is 15.5. The zero-order valence-corrected chi connectivity index (χ0v) is 19.3. The van der Waals surface area contributed by atoms with Crippen LogP contribution in [0, 0.1) is 6.92 Å². The first-order valence-corrected chi connectivity index (χ1v) is 11.8. The molecule has 1 aromatic heterocycles. The predicted octanol–water partition coefficient (Wildman–Crippen LogP) is 4.49. The van der Waals surface area contributed by atoms with Crippen molar-refractivity contribution in [3.63, 3.8) is 0 Å². The summed E-state index contributed by atoms with van der Waals surface area (Å²) >= 11 is 0. The Labute approximate surface area is 190 Å². The molecule has 2 fully saturated rings. The lowest BCUT2D eigenvalue weighted by molar-refractivity contribution is 0.0930. The molecular weight excluding hydrogens is 396 g/mol. The van der Waals surface area contributed by atoms with Crippen molar-refractivity contribution in [2.75, 3.05) is 31.1 Å². The lowest BCUT2D eigenvalue weighted by Gasteiger charge is -2.40. The number of nitrogens with zero attached hydrogens (tertiary/aromatic N) is 3. The SMILES string of the molecule is CCN1CCN(c2ccc(C)c(C(=O)NC3(c4ccnc5ccccc45)CC3)c2)C[C@@H]1C. The summed E-state index contributed by atoms with van der Waals surface area (Å²) in [4.78, 5) is 22.9. The number of nitrogens with one attached hydrogen (secondary N) is 1. The highest BCUT2D eigenvalue weighted by Crippen LogP contribution is 2.47. The minimum Gasteiger partial charge on any atom is -0.369 e. The smallest absolute Gasteiger partial charge is 0.252 e. The zero-order chi connectivity index (χ0) is 22.3. The van der Waals surface area contributed by atoms with Gasteiger partial charge in [0.2, 0.25) is 0 Å². The number of hydrogen-bond donors (Lipinski definition) is 1. The maximum atomic E-state index is 13.5. The van der Waals surface area contributed by atoms with Crippen molar-refractivity contribution in [1.82, 2.24) is 15.2 Å². The van der Waals surface area contributed by atoms with E-state index in [1.165, 1.54) is 5.56 Å². The van der Waals surface area contributed by atoms with Crippen molar-refractivity contribution >= 4 is 22.5 Å². The second-order valence-electron chi connectivity index (χ2n) is 9.33. The van der Waals surface area contributed by atoms with Crippen molar-refractivity contribution in [2.45, 2.75) is 45.2 Å². The molecule has 1 aliphatic heterocycles. The van der Waals surface area contributed by atoms with Crippen molar-refractivity contribution in [2.24, 2.45) is 0 Å². The molecule has 1 saturated heterocycles. The van der Waals surface area contributed by atoms with E-state index in [1.54, 1.807) is 0 Å². The number of amides is 1. The van der Waals surface area contributed by atoms with Crippen LogP contribution in [0.3, 0.4) is 0 Å². The molecule has 3 aromatic rings. The zero-order valence-electron chi connectivity index (χ0n) is 19.3. The molecular formula is C27H32N4O. The maximum absolute atomic E-state index is 13.5. The summed E-state index contributed by atoms with van der Waals surface area (Å²) < 4.78 is 0. The fourth-order valence-electron chi connectivity index (χ4n) is 5.14. The quantitative estimate of drug-likeness (QED) is 0.650. The minimum absolute atomic E-state index is 0.0167. The van der Waals surface area contributed by atoms with E-state index in [4.69, 9.17) is 0 Å². The number of likely N-dealkylation sites (N-methyl/N-ethyl adjacent to an activating group) is 1. The van der Waals surface area contributed by atoms with Crippen LogP contribution in [0.5, 0.6) is 0 Å².